The minimum absolute atomic E-state index is 0.0927. The molecule has 2 aromatic rings. The van der Waals surface area contributed by atoms with Crippen molar-refractivity contribution in [1.82, 2.24) is 4.90 Å². The molecule has 0 radical (unpaired) electrons. The van der Waals surface area contributed by atoms with E-state index in [0.29, 0.717) is 11.0 Å². The second-order valence-corrected chi connectivity index (χ2v) is 4.61. The minimum Gasteiger partial charge on any atom is -0.465 e. The zero-order chi connectivity index (χ0) is 16.1. The van der Waals surface area contributed by atoms with Crippen molar-refractivity contribution in [2.45, 2.75) is 13.8 Å². The summed E-state index contributed by atoms with van der Waals surface area (Å²) in [7, 11) is 0. The molecular weight excluding hydrogens is 286 g/mol. The van der Waals surface area contributed by atoms with E-state index in [1.54, 1.807) is 38.1 Å². The quantitative estimate of drug-likeness (QED) is 0.622. The molecule has 0 bridgehead atoms. The topological polar surface area (TPSA) is 76.8 Å². The Morgan fingerprint density at radius 1 is 1.23 bits per heavy atom. The van der Waals surface area contributed by atoms with Gasteiger partial charge in [0.15, 0.2) is 0 Å². The van der Waals surface area contributed by atoms with Gasteiger partial charge in [-0.05, 0) is 26.0 Å². The van der Waals surface area contributed by atoms with Crippen LogP contribution in [0.4, 0.5) is 0 Å². The number of carbonyl (C=O) groups excluding carboxylic acids is 2. The van der Waals surface area contributed by atoms with Crippen molar-refractivity contribution in [3.8, 4) is 0 Å². The van der Waals surface area contributed by atoms with Gasteiger partial charge in [-0.2, -0.15) is 0 Å². The predicted octanol–water partition coefficient (Wildman–Crippen LogP) is 1.82. The Kier molecular flexibility index (Phi) is 4.93. The zero-order valence-electron chi connectivity index (χ0n) is 12.5. The van der Waals surface area contributed by atoms with Crippen LogP contribution in [0.15, 0.2) is 39.5 Å². The van der Waals surface area contributed by atoms with E-state index in [1.165, 1.54) is 11.0 Å². The minimum atomic E-state index is -0.717. The number of nitrogens with zero attached hydrogens (tertiary/aromatic N) is 1. The smallest absolute Gasteiger partial charge is 0.349 e. The Hall–Kier alpha value is -2.63. The Bertz CT molecular complexity index is 750. The highest BCUT2D eigenvalue weighted by molar-refractivity contribution is 5.98. The van der Waals surface area contributed by atoms with Crippen molar-refractivity contribution in [3.63, 3.8) is 0 Å². The maximum Gasteiger partial charge on any atom is 0.349 e. The number of rotatable bonds is 5. The number of amides is 1. The van der Waals surface area contributed by atoms with Crippen LogP contribution >= 0.6 is 0 Å². The number of fused-ring (bicyclic) bond motifs is 1. The summed E-state index contributed by atoms with van der Waals surface area (Å²) >= 11 is 0. The zero-order valence-corrected chi connectivity index (χ0v) is 12.5. The Morgan fingerprint density at radius 2 is 1.95 bits per heavy atom. The van der Waals surface area contributed by atoms with Gasteiger partial charge in [-0.15, -0.1) is 0 Å². The maximum absolute atomic E-state index is 12.4. The molecule has 1 aromatic heterocycles. The maximum atomic E-state index is 12.4. The summed E-state index contributed by atoms with van der Waals surface area (Å²) in [6, 6.07) is 8.41. The second kappa shape index (κ2) is 6.89. The molecule has 0 spiro atoms. The van der Waals surface area contributed by atoms with Gasteiger partial charge in [0.2, 0.25) is 0 Å². The van der Waals surface area contributed by atoms with E-state index in [-0.39, 0.29) is 25.3 Å². The third-order valence-electron chi connectivity index (χ3n) is 3.17. The Labute approximate surface area is 127 Å². The summed E-state index contributed by atoms with van der Waals surface area (Å²) < 4.78 is 9.97. The van der Waals surface area contributed by atoms with Gasteiger partial charge in [-0.3, -0.25) is 9.59 Å². The van der Waals surface area contributed by atoms with Crippen molar-refractivity contribution in [2.24, 2.45) is 0 Å². The van der Waals surface area contributed by atoms with Crippen molar-refractivity contribution in [1.29, 1.82) is 0 Å². The number of para-hydroxylation sites is 1. The first-order valence-electron chi connectivity index (χ1n) is 7.04. The summed E-state index contributed by atoms with van der Waals surface area (Å²) in [4.78, 5) is 37.2. The highest BCUT2D eigenvalue weighted by Crippen LogP contribution is 2.13. The summed E-state index contributed by atoms with van der Waals surface area (Å²) in [5, 5.41) is 0.651. The fraction of sp³-hybridized carbons (Fsp3) is 0.312. The van der Waals surface area contributed by atoms with Crippen LogP contribution in [-0.4, -0.2) is 36.5 Å². The molecule has 0 aliphatic carbocycles. The molecule has 1 amide bonds. The van der Waals surface area contributed by atoms with Gasteiger partial charge in [0, 0.05) is 11.9 Å². The van der Waals surface area contributed by atoms with Crippen LogP contribution in [0.3, 0.4) is 0 Å². The van der Waals surface area contributed by atoms with E-state index in [4.69, 9.17) is 9.15 Å². The van der Waals surface area contributed by atoms with Crippen LogP contribution in [0, 0.1) is 0 Å². The van der Waals surface area contributed by atoms with Gasteiger partial charge in [-0.1, -0.05) is 18.2 Å². The van der Waals surface area contributed by atoms with Crippen LogP contribution in [0.1, 0.15) is 24.2 Å². The first-order valence-corrected chi connectivity index (χ1v) is 7.04. The third-order valence-corrected chi connectivity index (χ3v) is 3.17. The van der Waals surface area contributed by atoms with E-state index in [0.717, 1.165) is 0 Å². The van der Waals surface area contributed by atoms with Gasteiger partial charge in [0.25, 0.3) is 5.91 Å². The van der Waals surface area contributed by atoms with Crippen molar-refractivity contribution >= 4 is 22.8 Å². The molecule has 0 atom stereocenters. The number of likely N-dealkylation sites (N-methyl/N-ethyl adjacent to an activating group) is 1. The van der Waals surface area contributed by atoms with E-state index < -0.39 is 17.5 Å². The van der Waals surface area contributed by atoms with Gasteiger partial charge in [0.1, 0.15) is 17.7 Å². The first kappa shape index (κ1) is 15.8. The number of benzene rings is 1. The standard InChI is InChI=1S/C16H17NO5/c1-3-17(10-14(18)21-4-2)15(19)12-9-11-7-5-6-8-13(11)22-16(12)20/h5-9H,3-4,10H2,1-2H3. The van der Waals surface area contributed by atoms with E-state index >= 15 is 0 Å². The van der Waals surface area contributed by atoms with Gasteiger partial charge in [0.05, 0.1) is 6.61 Å². The van der Waals surface area contributed by atoms with Crippen molar-refractivity contribution in [3.05, 3.63) is 46.3 Å². The molecule has 0 saturated carbocycles. The number of esters is 1. The average molecular weight is 303 g/mol. The molecule has 0 fully saturated rings. The fourth-order valence-electron chi connectivity index (χ4n) is 2.07. The molecule has 6 nitrogen and oxygen atoms in total. The molecule has 116 valence electrons. The summed E-state index contributed by atoms with van der Waals surface area (Å²) in [6.07, 6.45) is 0. The number of ether oxygens (including phenoxy) is 1. The molecule has 1 heterocycles. The van der Waals surface area contributed by atoms with Gasteiger partial charge >= 0.3 is 11.6 Å². The number of carbonyl (C=O) groups is 2. The van der Waals surface area contributed by atoms with Crippen LogP contribution in [-0.2, 0) is 9.53 Å². The molecule has 0 unspecified atom stereocenters. The van der Waals surface area contributed by atoms with E-state index in [1.807, 2.05) is 0 Å². The molecule has 0 aliphatic rings. The SMILES string of the molecule is CCOC(=O)CN(CC)C(=O)c1cc2ccccc2oc1=O. The predicted molar refractivity (Wildman–Crippen MR) is 80.7 cm³/mol. The summed E-state index contributed by atoms with van der Waals surface area (Å²) in [5.74, 6) is -1.06. The molecule has 22 heavy (non-hydrogen) atoms. The Morgan fingerprint density at radius 3 is 2.64 bits per heavy atom. The molecule has 1 aromatic carbocycles. The first-order chi connectivity index (χ1) is 10.6. The number of hydrogen-bond donors (Lipinski definition) is 0. The van der Waals surface area contributed by atoms with Crippen LogP contribution in [0.2, 0.25) is 0 Å². The van der Waals surface area contributed by atoms with E-state index in [9.17, 15) is 14.4 Å². The third kappa shape index (κ3) is 3.33. The second-order valence-electron chi connectivity index (χ2n) is 4.61. The number of hydrogen-bond acceptors (Lipinski definition) is 5. The lowest BCUT2D eigenvalue weighted by molar-refractivity contribution is -0.143. The lowest BCUT2D eigenvalue weighted by atomic mass is 10.1. The normalized spacial score (nSPS) is 10.5. The lowest BCUT2D eigenvalue weighted by Crippen LogP contribution is -2.38. The lowest BCUT2D eigenvalue weighted by Gasteiger charge is -2.19. The van der Waals surface area contributed by atoms with Gasteiger partial charge in [-0.25, -0.2) is 4.79 Å². The molecular formula is C16H17NO5. The van der Waals surface area contributed by atoms with Crippen LogP contribution < -0.4 is 5.63 Å². The fourth-order valence-corrected chi connectivity index (χ4v) is 2.07. The molecule has 0 N–H and O–H groups in total. The van der Waals surface area contributed by atoms with Crippen molar-refractivity contribution < 1.29 is 18.7 Å². The molecule has 0 aliphatic heterocycles. The van der Waals surface area contributed by atoms with Crippen LogP contribution in [0.5, 0.6) is 0 Å². The summed E-state index contributed by atoms with van der Waals surface area (Å²) in [5.41, 5.74) is -0.395. The van der Waals surface area contributed by atoms with E-state index in [2.05, 4.69) is 0 Å². The summed E-state index contributed by atoms with van der Waals surface area (Å²) in [6.45, 7) is 3.73. The largest absolute Gasteiger partial charge is 0.465 e. The van der Waals surface area contributed by atoms with Gasteiger partial charge < -0.3 is 14.1 Å². The monoisotopic (exact) mass is 303 g/mol. The molecule has 2 rings (SSSR count). The highest BCUT2D eigenvalue weighted by atomic mass is 16.5. The highest BCUT2D eigenvalue weighted by Gasteiger charge is 2.22. The average Bonchev–Trinajstić information content (AvgIpc) is 2.51. The molecule has 0 saturated heterocycles. The van der Waals surface area contributed by atoms with Crippen LogP contribution in [0.25, 0.3) is 11.0 Å². The van der Waals surface area contributed by atoms with Crippen molar-refractivity contribution in [2.75, 3.05) is 19.7 Å². The Balaban J connectivity index is 2.32. The molecule has 6 heteroatoms.